The van der Waals surface area contributed by atoms with E-state index in [1.807, 2.05) is 0 Å². The number of ether oxygens (including phenoxy) is 5. The molecule has 0 amide bonds. The topological polar surface area (TPSA) is 169 Å². The Balaban J connectivity index is 1.54. The summed E-state index contributed by atoms with van der Waals surface area (Å²) >= 11 is 0. The second-order valence-corrected chi connectivity index (χ2v) is 10.3. The molecular formula is C35H28N2O11. The summed E-state index contributed by atoms with van der Waals surface area (Å²) in [5.74, 6) is 2.09. The van der Waals surface area contributed by atoms with Crippen LogP contribution >= 0.6 is 0 Å². The number of esters is 4. The summed E-state index contributed by atoms with van der Waals surface area (Å²) in [5, 5.41) is 0. The van der Waals surface area contributed by atoms with E-state index >= 15 is 0 Å². The molecule has 1 saturated heterocycles. The number of benzene rings is 3. The third kappa shape index (κ3) is 8.11. The maximum absolute atomic E-state index is 13.4. The van der Waals surface area contributed by atoms with Gasteiger partial charge in [-0.2, -0.15) is 0 Å². The maximum atomic E-state index is 13.4. The van der Waals surface area contributed by atoms with Crippen LogP contribution in [-0.4, -0.2) is 65.0 Å². The Morgan fingerprint density at radius 3 is 1.81 bits per heavy atom. The number of hydrogen-bond acceptors (Lipinski definition) is 11. The van der Waals surface area contributed by atoms with Gasteiger partial charge in [-0.05, 0) is 36.4 Å². The lowest BCUT2D eigenvalue weighted by atomic mass is 10.1. The quantitative estimate of drug-likeness (QED) is 0.160. The Kier molecular flexibility index (Phi) is 10.6. The van der Waals surface area contributed by atoms with Crippen molar-refractivity contribution in [3.05, 3.63) is 140 Å². The summed E-state index contributed by atoms with van der Waals surface area (Å²) in [6, 6.07) is 24.0. The molecule has 244 valence electrons. The Bertz CT molecular complexity index is 1960. The third-order valence-corrected chi connectivity index (χ3v) is 6.99. The van der Waals surface area contributed by atoms with Crippen LogP contribution in [0.25, 0.3) is 0 Å². The van der Waals surface area contributed by atoms with Gasteiger partial charge in [-0.25, -0.2) is 19.2 Å². The van der Waals surface area contributed by atoms with Gasteiger partial charge in [0.25, 0.3) is 5.56 Å². The number of carbonyl (C=O) groups excluding carboxylic acids is 4. The first-order chi connectivity index (χ1) is 23.2. The van der Waals surface area contributed by atoms with Gasteiger partial charge in [0.15, 0.2) is 25.0 Å². The van der Waals surface area contributed by atoms with Crippen molar-refractivity contribution in [2.45, 2.75) is 31.5 Å². The highest BCUT2D eigenvalue weighted by molar-refractivity contribution is 5.91. The zero-order chi connectivity index (χ0) is 34.0. The third-order valence-electron chi connectivity index (χ3n) is 6.99. The van der Waals surface area contributed by atoms with E-state index in [9.17, 15) is 28.8 Å². The highest BCUT2D eigenvalue weighted by atomic mass is 16.7. The molecule has 1 N–H and O–H groups in total. The lowest BCUT2D eigenvalue weighted by Crippen LogP contribution is -2.43. The summed E-state index contributed by atoms with van der Waals surface area (Å²) in [6.45, 7) is 0.387. The van der Waals surface area contributed by atoms with E-state index in [-0.39, 0.29) is 28.9 Å². The van der Waals surface area contributed by atoms with Crippen LogP contribution in [0.2, 0.25) is 0 Å². The lowest BCUT2D eigenvalue weighted by Gasteiger charge is -2.25. The molecule has 1 aromatic heterocycles. The average Bonchev–Trinajstić information content (AvgIpc) is 3.42. The molecule has 13 nitrogen and oxygen atoms in total. The van der Waals surface area contributed by atoms with E-state index in [0.29, 0.717) is 0 Å². The number of rotatable bonds is 9. The molecule has 1 fully saturated rings. The van der Waals surface area contributed by atoms with Crippen LogP contribution in [0.5, 0.6) is 0 Å². The molecule has 1 aliphatic heterocycles. The largest absolute Gasteiger partial charge is 0.459 e. The average molecular weight is 653 g/mol. The van der Waals surface area contributed by atoms with Crippen molar-refractivity contribution in [1.82, 2.24) is 9.55 Å². The van der Waals surface area contributed by atoms with Crippen molar-refractivity contribution in [1.29, 1.82) is 0 Å². The summed E-state index contributed by atoms with van der Waals surface area (Å²) in [6.07, 6.45) is -4.62. The predicted molar refractivity (Wildman–Crippen MR) is 167 cm³/mol. The van der Waals surface area contributed by atoms with Gasteiger partial charge < -0.3 is 23.7 Å². The zero-order valence-electron chi connectivity index (χ0n) is 25.4. The number of nitrogens with zero attached hydrogens (tertiary/aromatic N) is 1. The fourth-order valence-corrected chi connectivity index (χ4v) is 4.71. The minimum Gasteiger partial charge on any atom is -0.459 e. The van der Waals surface area contributed by atoms with Gasteiger partial charge in [0.2, 0.25) is 0 Å². The molecule has 0 bridgehead atoms. The minimum atomic E-state index is -1.51. The summed E-state index contributed by atoms with van der Waals surface area (Å²) in [7, 11) is 0. The Labute approximate surface area is 273 Å². The molecule has 0 radical (unpaired) electrons. The van der Waals surface area contributed by atoms with E-state index in [1.54, 1.807) is 66.7 Å². The Morgan fingerprint density at radius 2 is 1.27 bits per heavy atom. The van der Waals surface area contributed by atoms with Gasteiger partial charge in [-0.3, -0.25) is 19.1 Å². The van der Waals surface area contributed by atoms with Crippen molar-refractivity contribution < 1.29 is 42.9 Å². The SMILES string of the molecule is CC(=O)OCC#Cc1cn([C@@H]2O[C@H](COC(=O)c3ccccc3)[C@@H](OC(=O)c3ccccc3)[C@H]2OC(=O)c2ccccc2)c(=O)[nH]c1=O. The standard InChI is InChI=1S/C35H28N2O11/c1-22(38)44-19-11-18-26-20-37(35(43)36-30(26)39)31-29(48-34(42)25-16-9-4-10-17-25)28(47-33(41)24-14-7-3-8-15-24)27(46-31)21-45-32(40)23-12-5-2-6-13-23/h2-10,12-17,20,27-29,31H,19,21H2,1H3,(H,36,39,43)/t27-,28-,29-,31-/m1/s1. The number of carbonyl (C=O) groups is 4. The first-order valence-electron chi connectivity index (χ1n) is 14.6. The van der Waals surface area contributed by atoms with Crippen LogP contribution in [0.1, 0.15) is 49.8 Å². The summed E-state index contributed by atoms with van der Waals surface area (Å²) in [4.78, 5) is 78.5. The van der Waals surface area contributed by atoms with Crippen molar-refractivity contribution in [2.75, 3.05) is 13.2 Å². The number of nitrogens with one attached hydrogen (secondary N) is 1. The first-order valence-corrected chi connectivity index (χ1v) is 14.6. The molecule has 5 rings (SSSR count). The molecule has 4 atom stereocenters. The molecule has 0 spiro atoms. The van der Waals surface area contributed by atoms with Crippen molar-refractivity contribution in [3.63, 3.8) is 0 Å². The fourth-order valence-electron chi connectivity index (χ4n) is 4.71. The number of hydrogen-bond donors (Lipinski definition) is 1. The molecule has 0 aliphatic carbocycles. The van der Waals surface area contributed by atoms with E-state index in [1.165, 1.54) is 31.2 Å². The van der Waals surface area contributed by atoms with E-state index in [2.05, 4.69) is 16.8 Å². The molecule has 2 heterocycles. The Hall–Kier alpha value is -6.26. The second-order valence-electron chi connectivity index (χ2n) is 10.3. The highest BCUT2D eigenvalue weighted by Crippen LogP contribution is 2.34. The number of aromatic amines is 1. The van der Waals surface area contributed by atoms with Crippen LogP contribution in [0, 0.1) is 11.8 Å². The van der Waals surface area contributed by atoms with Crippen LogP contribution in [-0.2, 0) is 28.5 Å². The minimum absolute atomic E-state index is 0.147. The summed E-state index contributed by atoms with van der Waals surface area (Å²) < 4.78 is 29.1. The molecular weight excluding hydrogens is 624 g/mol. The van der Waals surface area contributed by atoms with E-state index in [0.717, 1.165) is 10.8 Å². The van der Waals surface area contributed by atoms with Gasteiger partial charge >= 0.3 is 29.6 Å². The van der Waals surface area contributed by atoms with Crippen LogP contribution in [0.4, 0.5) is 0 Å². The molecule has 0 saturated carbocycles. The highest BCUT2D eigenvalue weighted by Gasteiger charge is 2.51. The molecule has 0 unspecified atom stereocenters. The van der Waals surface area contributed by atoms with Gasteiger partial charge in [-0.1, -0.05) is 66.4 Å². The number of H-pyrrole nitrogens is 1. The maximum Gasteiger partial charge on any atom is 0.338 e. The molecule has 48 heavy (non-hydrogen) atoms. The van der Waals surface area contributed by atoms with Crippen LogP contribution < -0.4 is 11.2 Å². The molecule has 1 aliphatic rings. The van der Waals surface area contributed by atoms with Crippen molar-refractivity contribution >= 4 is 23.9 Å². The number of aromatic nitrogens is 2. The smallest absolute Gasteiger partial charge is 0.338 e. The molecule has 3 aromatic carbocycles. The van der Waals surface area contributed by atoms with Crippen molar-refractivity contribution in [2.24, 2.45) is 0 Å². The molecule has 13 heteroatoms. The van der Waals surface area contributed by atoms with Gasteiger partial charge in [0.1, 0.15) is 18.3 Å². The normalized spacial score (nSPS) is 18.1. The van der Waals surface area contributed by atoms with Gasteiger partial charge in [0.05, 0.1) is 16.7 Å². The fraction of sp³-hybridized carbons (Fsp3) is 0.200. The van der Waals surface area contributed by atoms with Crippen LogP contribution in [0.15, 0.2) is 107 Å². The lowest BCUT2D eigenvalue weighted by molar-refractivity contribution is -0.139. The summed E-state index contributed by atoms with van der Waals surface area (Å²) in [5.41, 5.74) is -1.47. The predicted octanol–water partition coefficient (Wildman–Crippen LogP) is 2.66. The second kappa shape index (κ2) is 15.4. The van der Waals surface area contributed by atoms with Gasteiger partial charge in [0, 0.05) is 13.1 Å². The monoisotopic (exact) mass is 652 g/mol. The first kappa shape index (κ1) is 33.1. The van der Waals surface area contributed by atoms with Gasteiger partial charge in [-0.15, -0.1) is 0 Å². The Morgan fingerprint density at radius 1 is 0.750 bits per heavy atom. The van der Waals surface area contributed by atoms with E-state index in [4.69, 9.17) is 23.7 Å². The van der Waals surface area contributed by atoms with Crippen molar-refractivity contribution in [3.8, 4) is 11.8 Å². The van der Waals surface area contributed by atoms with Crippen LogP contribution in [0.3, 0.4) is 0 Å². The molecule has 4 aromatic rings. The van der Waals surface area contributed by atoms with E-state index < -0.39 is 66.3 Å². The zero-order valence-corrected chi connectivity index (χ0v) is 25.4.